The first kappa shape index (κ1) is 19.6. The molecule has 0 saturated heterocycles. The Morgan fingerprint density at radius 2 is 1.20 bits per heavy atom. The number of para-hydroxylation sites is 2. The second-order valence-electron chi connectivity index (χ2n) is 8.46. The molecule has 0 fully saturated rings. The molecule has 0 radical (unpaired) electrons. The van der Waals surface area contributed by atoms with Crippen molar-refractivity contribution in [2.45, 2.75) is 0 Å². The molecule has 7 rings (SSSR count). The first-order chi connectivity index (χ1) is 17.3. The van der Waals surface area contributed by atoms with Crippen molar-refractivity contribution in [3.05, 3.63) is 120 Å². The van der Waals surface area contributed by atoms with Crippen molar-refractivity contribution < 1.29 is 0 Å². The van der Waals surface area contributed by atoms with Crippen molar-refractivity contribution in [2.75, 3.05) is 0 Å². The standard InChI is InChI=1S/C30H18N4O/c35-30-21-15-7-9-17-23(21)31-29-25-26(19-11-3-1-4-12-19)32-28(20-13-5-2-6-14-20)33-27(25)22-16-8-10-18-24(22)34(29)30/h1-18H. The minimum absolute atomic E-state index is 0.102. The van der Waals surface area contributed by atoms with Gasteiger partial charge < -0.3 is 0 Å². The van der Waals surface area contributed by atoms with E-state index in [2.05, 4.69) is 0 Å². The first-order valence-corrected chi connectivity index (χ1v) is 11.4. The summed E-state index contributed by atoms with van der Waals surface area (Å²) >= 11 is 0. The van der Waals surface area contributed by atoms with Gasteiger partial charge in [-0.2, -0.15) is 0 Å². The Morgan fingerprint density at radius 1 is 0.571 bits per heavy atom. The fourth-order valence-electron chi connectivity index (χ4n) is 4.78. The normalized spacial score (nSPS) is 11.5. The largest absolute Gasteiger partial charge is 0.268 e. The lowest BCUT2D eigenvalue weighted by Crippen LogP contribution is -2.17. The SMILES string of the molecule is O=c1c2ccccc2nc2c3c(-c4ccccc4)nc(-c4ccccc4)nc3c3ccccc3n12. The molecule has 0 spiro atoms. The smallest absolute Gasteiger partial charge is 0.266 e. The van der Waals surface area contributed by atoms with E-state index >= 15 is 0 Å². The van der Waals surface area contributed by atoms with E-state index in [-0.39, 0.29) is 5.56 Å². The number of hydrogen-bond donors (Lipinski definition) is 0. The molecule has 7 aromatic rings. The Morgan fingerprint density at radius 3 is 1.97 bits per heavy atom. The van der Waals surface area contributed by atoms with Crippen LogP contribution < -0.4 is 5.56 Å². The molecule has 164 valence electrons. The summed E-state index contributed by atoms with van der Waals surface area (Å²) in [6.07, 6.45) is 0. The zero-order valence-electron chi connectivity index (χ0n) is 18.6. The van der Waals surface area contributed by atoms with Gasteiger partial charge in [0.25, 0.3) is 5.56 Å². The average molecular weight is 451 g/mol. The Hall–Kier alpha value is -4.90. The lowest BCUT2D eigenvalue weighted by molar-refractivity contribution is 1.13. The van der Waals surface area contributed by atoms with E-state index in [9.17, 15) is 4.79 Å². The van der Waals surface area contributed by atoms with Gasteiger partial charge in [-0.25, -0.2) is 15.0 Å². The molecule has 5 heteroatoms. The Bertz CT molecular complexity index is 1960. The van der Waals surface area contributed by atoms with Crippen molar-refractivity contribution in [1.29, 1.82) is 0 Å². The molecule has 0 atom stereocenters. The van der Waals surface area contributed by atoms with E-state index in [0.29, 0.717) is 22.4 Å². The van der Waals surface area contributed by atoms with Gasteiger partial charge in [0.1, 0.15) is 0 Å². The summed E-state index contributed by atoms with van der Waals surface area (Å²) in [4.78, 5) is 28.8. The average Bonchev–Trinajstić information content (AvgIpc) is 2.93. The molecule has 0 aliphatic carbocycles. The van der Waals surface area contributed by atoms with Crippen LogP contribution in [0, 0.1) is 0 Å². The third-order valence-electron chi connectivity index (χ3n) is 6.39. The maximum Gasteiger partial charge on any atom is 0.266 e. The van der Waals surface area contributed by atoms with Crippen LogP contribution in [0.15, 0.2) is 114 Å². The third-order valence-corrected chi connectivity index (χ3v) is 6.39. The van der Waals surface area contributed by atoms with Gasteiger partial charge in [0.15, 0.2) is 11.5 Å². The second kappa shape index (κ2) is 7.57. The van der Waals surface area contributed by atoms with Crippen molar-refractivity contribution in [1.82, 2.24) is 19.4 Å². The van der Waals surface area contributed by atoms with E-state index in [4.69, 9.17) is 15.0 Å². The lowest BCUT2D eigenvalue weighted by atomic mass is 10.0. The van der Waals surface area contributed by atoms with Gasteiger partial charge in [-0.05, 0) is 18.2 Å². The summed E-state index contributed by atoms with van der Waals surface area (Å²) in [5.74, 6) is 0.634. The van der Waals surface area contributed by atoms with Crippen LogP contribution in [-0.2, 0) is 0 Å². The van der Waals surface area contributed by atoms with Crippen LogP contribution in [0.5, 0.6) is 0 Å². The maximum atomic E-state index is 13.8. The maximum absolute atomic E-state index is 13.8. The molecular weight excluding hydrogens is 432 g/mol. The monoisotopic (exact) mass is 450 g/mol. The van der Waals surface area contributed by atoms with E-state index in [1.165, 1.54) is 0 Å². The van der Waals surface area contributed by atoms with E-state index in [1.807, 2.05) is 109 Å². The summed E-state index contributed by atoms with van der Waals surface area (Å²) in [6.45, 7) is 0. The summed E-state index contributed by atoms with van der Waals surface area (Å²) < 4.78 is 1.71. The molecular formula is C30H18N4O. The summed E-state index contributed by atoms with van der Waals surface area (Å²) in [5, 5.41) is 2.22. The molecule has 5 nitrogen and oxygen atoms in total. The predicted octanol–water partition coefficient (Wildman–Crippen LogP) is 6.28. The van der Waals surface area contributed by atoms with Crippen LogP contribution >= 0.6 is 0 Å². The zero-order valence-corrected chi connectivity index (χ0v) is 18.6. The Balaban J connectivity index is 1.78. The van der Waals surface area contributed by atoms with Gasteiger partial charge >= 0.3 is 0 Å². The van der Waals surface area contributed by atoms with Crippen LogP contribution in [0.3, 0.4) is 0 Å². The Labute approximate surface area is 200 Å². The molecule has 0 aliphatic heterocycles. The number of pyridine rings is 1. The van der Waals surface area contributed by atoms with Gasteiger partial charge in [-0.3, -0.25) is 9.20 Å². The lowest BCUT2D eigenvalue weighted by Gasteiger charge is -2.15. The number of nitrogens with zero attached hydrogens (tertiary/aromatic N) is 4. The number of rotatable bonds is 2. The minimum atomic E-state index is -0.102. The number of hydrogen-bond acceptors (Lipinski definition) is 4. The van der Waals surface area contributed by atoms with E-state index in [0.717, 1.165) is 38.6 Å². The molecule has 0 aliphatic rings. The molecule has 0 saturated carbocycles. The highest BCUT2D eigenvalue weighted by Gasteiger charge is 2.20. The van der Waals surface area contributed by atoms with Crippen molar-refractivity contribution >= 4 is 38.4 Å². The molecule has 0 bridgehead atoms. The summed E-state index contributed by atoms with van der Waals surface area (Å²) in [5.41, 5.74) is 5.28. The van der Waals surface area contributed by atoms with Crippen LogP contribution in [0.2, 0.25) is 0 Å². The van der Waals surface area contributed by atoms with Gasteiger partial charge in [0.05, 0.1) is 33.0 Å². The first-order valence-electron chi connectivity index (χ1n) is 11.4. The van der Waals surface area contributed by atoms with E-state index < -0.39 is 0 Å². The Kier molecular flexibility index (Phi) is 4.23. The van der Waals surface area contributed by atoms with Crippen LogP contribution in [0.25, 0.3) is 61.0 Å². The van der Waals surface area contributed by atoms with Crippen molar-refractivity contribution in [2.24, 2.45) is 0 Å². The summed E-state index contributed by atoms with van der Waals surface area (Å²) in [6, 6.07) is 35.3. The van der Waals surface area contributed by atoms with Gasteiger partial charge in [-0.15, -0.1) is 0 Å². The highest BCUT2D eigenvalue weighted by molar-refractivity contribution is 6.15. The minimum Gasteiger partial charge on any atom is -0.268 e. The molecule has 35 heavy (non-hydrogen) atoms. The molecule has 0 N–H and O–H groups in total. The summed E-state index contributed by atoms with van der Waals surface area (Å²) in [7, 11) is 0. The predicted molar refractivity (Wildman–Crippen MR) is 140 cm³/mol. The fraction of sp³-hybridized carbons (Fsp3) is 0. The molecule has 0 amide bonds. The topological polar surface area (TPSA) is 60.2 Å². The van der Waals surface area contributed by atoms with Gasteiger partial charge in [0, 0.05) is 16.5 Å². The van der Waals surface area contributed by atoms with Crippen molar-refractivity contribution in [3.8, 4) is 22.6 Å². The molecule has 3 heterocycles. The number of benzene rings is 4. The third kappa shape index (κ3) is 2.95. The number of aromatic nitrogens is 4. The molecule has 3 aromatic heterocycles. The molecule has 0 unspecified atom stereocenters. The van der Waals surface area contributed by atoms with Crippen LogP contribution in [0.4, 0.5) is 0 Å². The fourth-order valence-corrected chi connectivity index (χ4v) is 4.78. The van der Waals surface area contributed by atoms with Crippen LogP contribution in [-0.4, -0.2) is 19.4 Å². The van der Waals surface area contributed by atoms with Gasteiger partial charge in [0.2, 0.25) is 0 Å². The second-order valence-corrected chi connectivity index (χ2v) is 8.46. The van der Waals surface area contributed by atoms with Gasteiger partial charge in [-0.1, -0.05) is 91.0 Å². The van der Waals surface area contributed by atoms with Crippen molar-refractivity contribution in [3.63, 3.8) is 0 Å². The van der Waals surface area contributed by atoms with Crippen LogP contribution in [0.1, 0.15) is 0 Å². The highest BCUT2D eigenvalue weighted by atomic mass is 16.1. The highest BCUT2D eigenvalue weighted by Crippen LogP contribution is 2.35. The zero-order chi connectivity index (χ0) is 23.4. The number of fused-ring (bicyclic) bond motifs is 7. The van der Waals surface area contributed by atoms with E-state index in [1.54, 1.807) is 4.40 Å². The molecule has 4 aromatic carbocycles. The quantitative estimate of drug-likeness (QED) is 0.230.